The number of pyridine rings is 1. The predicted molar refractivity (Wildman–Crippen MR) is 72.8 cm³/mol. The van der Waals surface area contributed by atoms with E-state index in [4.69, 9.17) is 16.3 Å². The van der Waals surface area contributed by atoms with Crippen molar-refractivity contribution < 1.29 is 4.74 Å². The Labute approximate surface area is 112 Å². The van der Waals surface area contributed by atoms with E-state index in [9.17, 15) is 0 Å². The van der Waals surface area contributed by atoms with Crippen molar-refractivity contribution in [1.29, 1.82) is 0 Å². The van der Waals surface area contributed by atoms with Crippen molar-refractivity contribution in [3.05, 3.63) is 58.9 Å². The van der Waals surface area contributed by atoms with Gasteiger partial charge in [-0.1, -0.05) is 29.8 Å². The van der Waals surface area contributed by atoms with Gasteiger partial charge in [0.2, 0.25) is 0 Å². The average molecular weight is 263 g/mol. The molecule has 0 aliphatic carbocycles. The van der Waals surface area contributed by atoms with E-state index < -0.39 is 0 Å². The molecule has 4 heteroatoms. The van der Waals surface area contributed by atoms with E-state index in [0.717, 1.165) is 24.4 Å². The molecule has 1 aromatic carbocycles. The van der Waals surface area contributed by atoms with Crippen LogP contribution >= 0.6 is 11.6 Å². The number of benzene rings is 1. The molecule has 0 saturated carbocycles. The van der Waals surface area contributed by atoms with E-state index >= 15 is 0 Å². The van der Waals surface area contributed by atoms with Gasteiger partial charge in [0, 0.05) is 19.3 Å². The maximum absolute atomic E-state index is 5.73. The molecule has 94 valence electrons. The van der Waals surface area contributed by atoms with Crippen molar-refractivity contribution in [1.82, 2.24) is 10.3 Å². The minimum Gasteiger partial charge on any atom is -0.497 e. The third-order valence-corrected chi connectivity index (χ3v) is 2.83. The molecular formula is C14H15ClN2O. The lowest BCUT2D eigenvalue weighted by Gasteiger charge is -2.06. The van der Waals surface area contributed by atoms with Crippen LogP contribution in [0.3, 0.4) is 0 Å². The van der Waals surface area contributed by atoms with E-state index in [1.165, 1.54) is 5.56 Å². The fraction of sp³-hybridized carbons (Fsp3) is 0.214. The van der Waals surface area contributed by atoms with Crippen LogP contribution < -0.4 is 10.1 Å². The van der Waals surface area contributed by atoms with E-state index in [1.807, 2.05) is 30.3 Å². The first-order chi connectivity index (χ1) is 8.78. The Morgan fingerprint density at radius 3 is 2.33 bits per heavy atom. The molecule has 2 aromatic rings. The second-order valence-electron chi connectivity index (χ2n) is 3.94. The summed E-state index contributed by atoms with van der Waals surface area (Å²) in [6.07, 6.45) is 1.78. The fourth-order valence-electron chi connectivity index (χ4n) is 1.61. The monoisotopic (exact) mass is 262 g/mol. The Morgan fingerprint density at radius 2 is 1.72 bits per heavy atom. The quantitative estimate of drug-likeness (QED) is 0.841. The zero-order valence-corrected chi connectivity index (χ0v) is 10.9. The van der Waals surface area contributed by atoms with Crippen LogP contribution in [0.25, 0.3) is 0 Å². The van der Waals surface area contributed by atoms with Crippen LogP contribution in [0, 0.1) is 0 Å². The lowest BCUT2D eigenvalue weighted by molar-refractivity contribution is 0.414. The molecule has 1 heterocycles. The summed E-state index contributed by atoms with van der Waals surface area (Å²) in [4.78, 5) is 4.04. The molecule has 0 bridgehead atoms. The number of nitrogens with one attached hydrogen (secondary N) is 1. The first-order valence-electron chi connectivity index (χ1n) is 5.72. The highest BCUT2D eigenvalue weighted by molar-refractivity contribution is 6.29. The van der Waals surface area contributed by atoms with E-state index in [-0.39, 0.29) is 0 Å². The number of nitrogens with zero attached hydrogens (tertiary/aromatic N) is 1. The van der Waals surface area contributed by atoms with Crippen molar-refractivity contribution in [2.45, 2.75) is 13.1 Å². The summed E-state index contributed by atoms with van der Waals surface area (Å²) >= 11 is 5.73. The van der Waals surface area contributed by atoms with Gasteiger partial charge in [-0.15, -0.1) is 0 Å². The number of hydrogen-bond acceptors (Lipinski definition) is 3. The van der Waals surface area contributed by atoms with Gasteiger partial charge in [0.25, 0.3) is 0 Å². The van der Waals surface area contributed by atoms with Gasteiger partial charge < -0.3 is 10.1 Å². The molecule has 0 fully saturated rings. The number of halogens is 1. The largest absolute Gasteiger partial charge is 0.497 e. The molecule has 3 nitrogen and oxygen atoms in total. The molecule has 2 rings (SSSR count). The number of methoxy groups -OCH3 is 1. The van der Waals surface area contributed by atoms with Crippen LogP contribution in [0.2, 0.25) is 5.15 Å². The van der Waals surface area contributed by atoms with Crippen molar-refractivity contribution in [2.24, 2.45) is 0 Å². The second-order valence-corrected chi connectivity index (χ2v) is 4.33. The van der Waals surface area contributed by atoms with Crippen LogP contribution in [0.5, 0.6) is 5.75 Å². The van der Waals surface area contributed by atoms with E-state index in [1.54, 1.807) is 19.4 Å². The third kappa shape index (κ3) is 3.72. The van der Waals surface area contributed by atoms with Gasteiger partial charge in [0.1, 0.15) is 10.9 Å². The fourth-order valence-corrected chi connectivity index (χ4v) is 1.72. The number of hydrogen-bond donors (Lipinski definition) is 1. The van der Waals surface area contributed by atoms with Crippen molar-refractivity contribution in [3.8, 4) is 5.75 Å². The summed E-state index contributed by atoms with van der Waals surface area (Å²) < 4.78 is 5.11. The van der Waals surface area contributed by atoms with Crippen molar-refractivity contribution >= 4 is 11.6 Å². The predicted octanol–water partition coefficient (Wildman–Crippen LogP) is 3.03. The highest BCUT2D eigenvalue weighted by Gasteiger charge is 1.96. The molecule has 0 amide bonds. The Kier molecular flexibility index (Phi) is 4.56. The number of aromatic nitrogens is 1. The zero-order chi connectivity index (χ0) is 12.8. The first-order valence-corrected chi connectivity index (χ1v) is 6.10. The van der Waals surface area contributed by atoms with Crippen molar-refractivity contribution in [3.63, 3.8) is 0 Å². The van der Waals surface area contributed by atoms with Crippen LogP contribution in [0.4, 0.5) is 0 Å². The summed E-state index contributed by atoms with van der Waals surface area (Å²) in [5.41, 5.74) is 2.34. The van der Waals surface area contributed by atoms with Crippen LogP contribution in [0.1, 0.15) is 11.1 Å². The van der Waals surface area contributed by atoms with Gasteiger partial charge >= 0.3 is 0 Å². The molecule has 0 saturated heterocycles. The molecule has 1 N–H and O–H groups in total. The van der Waals surface area contributed by atoms with Gasteiger partial charge in [-0.25, -0.2) is 4.98 Å². The molecule has 0 radical (unpaired) electrons. The topological polar surface area (TPSA) is 34.1 Å². The van der Waals surface area contributed by atoms with Gasteiger partial charge in [-0.2, -0.15) is 0 Å². The molecule has 0 atom stereocenters. The SMILES string of the molecule is COc1ccc(CNCc2ccc(Cl)nc2)cc1. The highest BCUT2D eigenvalue weighted by Crippen LogP contribution is 2.11. The summed E-state index contributed by atoms with van der Waals surface area (Å²) in [6.45, 7) is 1.59. The summed E-state index contributed by atoms with van der Waals surface area (Å²) in [5, 5.41) is 3.87. The normalized spacial score (nSPS) is 10.3. The second kappa shape index (κ2) is 6.38. The lowest BCUT2D eigenvalue weighted by Crippen LogP contribution is -2.12. The standard InChI is InChI=1S/C14H15ClN2O/c1-18-13-5-2-11(3-6-13)8-16-9-12-4-7-14(15)17-10-12/h2-7,10,16H,8-9H2,1H3. The van der Waals surface area contributed by atoms with Crippen LogP contribution in [-0.2, 0) is 13.1 Å². The molecule has 0 aliphatic rings. The maximum atomic E-state index is 5.73. The summed E-state index contributed by atoms with van der Waals surface area (Å²) in [7, 11) is 1.67. The van der Waals surface area contributed by atoms with E-state index in [0.29, 0.717) is 5.15 Å². The van der Waals surface area contributed by atoms with Crippen molar-refractivity contribution in [2.75, 3.05) is 7.11 Å². The summed E-state index contributed by atoms with van der Waals surface area (Å²) in [6, 6.07) is 11.8. The van der Waals surface area contributed by atoms with Gasteiger partial charge in [-0.3, -0.25) is 0 Å². The van der Waals surface area contributed by atoms with Gasteiger partial charge in [0.15, 0.2) is 0 Å². The minimum absolute atomic E-state index is 0.522. The molecule has 1 aromatic heterocycles. The third-order valence-electron chi connectivity index (χ3n) is 2.61. The molecule has 18 heavy (non-hydrogen) atoms. The average Bonchev–Trinajstić information content (AvgIpc) is 2.42. The summed E-state index contributed by atoms with van der Waals surface area (Å²) in [5.74, 6) is 0.876. The zero-order valence-electron chi connectivity index (χ0n) is 10.2. The highest BCUT2D eigenvalue weighted by atomic mass is 35.5. The number of ether oxygens (including phenoxy) is 1. The first kappa shape index (κ1) is 12.9. The molecule has 0 unspecified atom stereocenters. The number of rotatable bonds is 5. The smallest absolute Gasteiger partial charge is 0.129 e. The molecule has 0 spiro atoms. The van der Waals surface area contributed by atoms with Crippen LogP contribution in [-0.4, -0.2) is 12.1 Å². The Balaban J connectivity index is 1.82. The lowest BCUT2D eigenvalue weighted by atomic mass is 10.2. The Hall–Kier alpha value is -1.58. The Morgan fingerprint density at radius 1 is 1.06 bits per heavy atom. The van der Waals surface area contributed by atoms with Gasteiger partial charge in [0.05, 0.1) is 7.11 Å². The van der Waals surface area contributed by atoms with E-state index in [2.05, 4.69) is 10.3 Å². The minimum atomic E-state index is 0.522. The van der Waals surface area contributed by atoms with Gasteiger partial charge in [-0.05, 0) is 29.3 Å². The molecular weight excluding hydrogens is 248 g/mol. The maximum Gasteiger partial charge on any atom is 0.129 e. The van der Waals surface area contributed by atoms with Crippen LogP contribution in [0.15, 0.2) is 42.6 Å². The Bertz CT molecular complexity index is 482. The molecule has 0 aliphatic heterocycles.